The number of rotatable bonds is 10. The van der Waals surface area contributed by atoms with E-state index in [9.17, 15) is 0 Å². The summed E-state index contributed by atoms with van der Waals surface area (Å²) in [6.45, 7) is 16.2. The third-order valence-electron chi connectivity index (χ3n) is 5.04. The molecule has 0 radical (unpaired) electrons. The molecule has 0 aromatic heterocycles. The van der Waals surface area contributed by atoms with Crippen molar-refractivity contribution >= 4 is 27.0 Å². The first-order chi connectivity index (χ1) is 14.6. The summed E-state index contributed by atoms with van der Waals surface area (Å²) in [7, 11) is -5.16. The van der Waals surface area contributed by atoms with E-state index in [0.717, 1.165) is 10.4 Å². The lowest BCUT2D eigenvalue weighted by Crippen LogP contribution is -2.51. The zero-order valence-electron chi connectivity index (χ0n) is 17.0. The fourth-order valence-corrected chi connectivity index (χ4v) is 7.62. The molecule has 0 atom stereocenters. The summed E-state index contributed by atoms with van der Waals surface area (Å²) in [6, 6.07) is 27.9. The SMILES string of the molecule is C=C[Si](C=C)(Oc1cccc(O[Si](C=C)(C=C)c2ccccc2)c1)c1ccccc1. The molecule has 2 nitrogen and oxygen atoms in total. The van der Waals surface area contributed by atoms with E-state index >= 15 is 0 Å². The molecule has 3 aromatic rings. The van der Waals surface area contributed by atoms with Gasteiger partial charge in [0.2, 0.25) is 0 Å². The maximum absolute atomic E-state index is 6.50. The van der Waals surface area contributed by atoms with Gasteiger partial charge in [0.25, 0.3) is 0 Å². The number of benzene rings is 3. The molecule has 150 valence electrons. The smallest absolute Gasteiger partial charge is 0.331 e. The van der Waals surface area contributed by atoms with Gasteiger partial charge in [-0.25, -0.2) is 0 Å². The zero-order chi connectivity index (χ0) is 21.5. The standard InChI is InChI=1S/C26H26O2Si2/c1-5-29(6-2,25-18-11-9-12-19-25)27-23-16-15-17-24(22-23)28-30(7-3,8-4)26-20-13-10-14-21-26/h5-22H,1-4H2. The molecular formula is C26H26O2Si2. The summed E-state index contributed by atoms with van der Waals surface area (Å²) in [5, 5.41) is 2.18. The summed E-state index contributed by atoms with van der Waals surface area (Å²) in [5.41, 5.74) is 7.55. The topological polar surface area (TPSA) is 18.5 Å². The van der Waals surface area contributed by atoms with Crippen LogP contribution in [-0.2, 0) is 0 Å². The Morgan fingerprint density at radius 3 is 1.20 bits per heavy atom. The second-order valence-electron chi connectivity index (χ2n) is 6.81. The van der Waals surface area contributed by atoms with Crippen LogP contribution < -0.4 is 19.2 Å². The molecule has 3 aromatic carbocycles. The Morgan fingerprint density at radius 1 is 0.500 bits per heavy atom. The molecule has 0 spiro atoms. The van der Waals surface area contributed by atoms with Crippen LogP contribution in [0.3, 0.4) is 0 Å². The predicted octanol–water partition coefficient (Wildman–Crippen LogP) is 5.05. The van der Waals surface area contributed by atoms with Gasteiger partial charge >= 0.3 is 16.6 Å². The van der Waals surface area contributed by atoms with Crippen molar-refractivity contribution in [3.05, 3.63) is 134 Å². The van der Waals surface area contributed by atoms with Crippen molar-refractivity contribution in [3.8, 4) is 11.5 Å². The van der Waals surface area contributed by atoms with Crippen LogP contribution in [-0.4, -0.2) is 16.6 Å². The van der Waals surface area contributed by atoms with Crippen LogP contribution in [0.4, 0.5) is 0 Å². The second-order valence-corrected chi connectivity index (χ2v) is 13.2. The molecule has 3 rings (SSSR count). The maximum atomic E-state index is 6.50. The van der Waals surface area contributed by atoms with Gasteiger partial charge in [0.05, 0.1) is 0 Å². The Kier molecular flexibility index (Phi) is 6.72. The largest absolute Gasteiger partial charge is 0.531 e. The Morgan fingerprint density at radius 2 is 0.867 bits per heavy atom. The van der Waals surface area contributed by atoms with Gasteiger partial charge in [0.15, 0.2) is 0 Å². The van der Waals surface area contributed by atoms with Gasteiger partial charge in [-0.2, -0.15) is 0 Å². The Hall–Kier alpha value is -3.35. The molecule has 0 amide bonds. The highest BCUT2D eigenvalue weighted by Crippen LogP contribution is 2.26. The molecular weight excluding hydrogens is 400 g/mol. The van der Waals surface area contributed by atoms with E-state index in [1.54, 1.807) is 0 Å². The Labute approximate surface area is 181 Å². The van der Waals surface area contributed by atoms with Gasteiger partial charge < -0.3 is 8.85 Å². The normalized spacial score (nSPS) is 11.2. The van der Waals surface area contributed by atoms with Gasteiger partial charge in [0.1, 0.15) is 11.5 Å². The lowest BCUT2D eigenvalue weighted by molar-refractivity contribution is 0.549. The Balaban J connectivity index is 1.94. The monoisotopic (exact) mass is 426 g/mol. The summed E-state index contributed by atoms with van der Waals surface area (Å²) in [5.74, 6) is 1.43. The Bertz CT molecular complexity index is 932. The zero-order valence-corrected chi connectivity index (χ0v) is 19.0. The summed E-state index contributed by atoms with van der Waals surface area (Å²) < 4.78 is 13.0. The molecule has 0 saturated carbocycles. The van der Waals surface area contributed by atoms with E-state index in [1.807, 2.05) is 83.5 Å². The van der Waals surface area contributed by atoms with Gasteiger partial charge in [-0.05, 0) is 22.5 Å². The van der Waals surface area contributed by atoms with Crippen molar-refractivity contribution in [1.82, 2.24) is 0 Å². The van der Waals surface area contributed by atoms with Gasteiger partial charge in [0, 0.05) is 6.07 Å². The highest BCUT2D eigenvalue weighted by molar-refractivity contribution is 6.95. The summed E-state index contributed by atoms with van der Waals surface area (Å²) >= 11 is 0. The van der Waals surface area contributed by atoms with Gasteiger partial charge in [-0.1, -0.05) is 89.5 Å². The first kappa shape index (κ1) is 21.4. The minimum Gasteiger partial charge on any atom is -0.531 e. The fourth-order valence-electron chi connectivity index (χ4n) is 3.31. The van der Waals surface area contributed by atoms with E-state index < -0.39 is 16.6 Å². The van der Waals surface area contributed by atoms with Crippen LogP contribution >= 0.6 is 0 Å². The molecule has 0 unspecified atom stereocenters. The lowest BCUT2D eigenvalue weighted by Gasteiger charge is -2.28. The van der Waals surface area contributed by atoms with Crippen LogP contribution in [0.1, 0.15) is 0 Å². The third kappa shape index (κ3) is 4.30. The predicted molar refractivity (Wildman–Crippen MR) is 132 cm³/mol. The average Bonchev–Trinajstić information content (AvgIpc) is 2.82. The van der Waals surface area contributed by atoms with E-state index in [2.05, 4.69) is 50.6 Å². The quantitative estimate of drug-likeness (QED) is 0.422. The molecule has 0 saturated heterocycles. The van der Waals surface area contributed by atoms with Crippen molar-refractivity contribution in [2.45, 2.75) is 0 Å². The molecule has 0 aliphatic heterocycles. The van der Waals surface area contributed by atoms with E-state index in [1.165, 1.54) is 0 Å². The average molecular weight is 427 g/mol. The van der Waals surface area contributed by atoms with E-state index in [4.69, 9.17) is 8.85 Å². The van der Waals surface area contributed by atoms with Crippen LogP contribution in [0.5, 0.6) is 11.5 Å². The first-order valence-electron chi connectivity index (χ1n) is 9.75. The first-order valence-corrected chi connectivity index (χ1v) is 13.9. The molecule has 0 N–H and O–H groups in total. The lowest BCUT2D eigenvalue weighted by atomic mass is 10.3. The second kappa shape index (κ2) is 9.43. The van der Waals surface area contributed by atoms with Crippen molar-refractivity contribution in [2.75, 3.05) is 0 Å². The van der Waals surface area contributed by atoms with Gasteiger partial charge in [-0.15, -0.1) is 26.3 Å². The van der Waals surface area contributed by atoms with E-state index in [-0.39, 0.29) is 0 Å². The fraction of sp³-hybridized carbons (Fsp3) is 0. The van der Waals surface area contributed by atoms with Crippen LogP contribution in [0.15, 0.2) is 134 Å². The molecule has 0 aliphatic rings. The van der Waals surface area contributed by atoms with Crippen LogP contribution in [0, 0.1) is 0 Å². The number of hydrogen-bond acceptors (Lipinski definition) is 2. The molecule has 30 heavy (non-hydrogen) atoms. The third-order valence-corrected chi connectivity index (χ3v) is 11.1. The van der Waals surface area contributed by atoms with Crippen molar-refractivity contribution in [2.24, 2.45) is 0 Å². The van der Waals surface area contributed by atoms with Gasteiger partial charge in [-0.3, -0.25) is 0 Å². The summed E-state index contributed by atoms with van der Waals surface area (Å²) in [4.78, 5) is 0. The van der Waals surface area contributed by atoms with Crippen molar-refractivity contribution in [3.63, 3.8) is 0 Å². The highest BCUT2D eigenvalue weighted by Gasteiger charge is 2.34. The molecule has 0 fully saturated rings. The van der Waals surface area contributed by atoms with Crippen molar-refractivity contribution < 1.29 is 8.85 Å². The molecule has 0 heterocycles. The van der Waals surface area contributed by atoms with E-state index in [0.29, 0.717) is 11.5 Å². The minimum atomic E-state index is -2.58. The summed E-state index contributed by atoms with van der Waals surface area (Å²) in [6.07, 6.45) is 0. The number of hydrogen-bond donors (Lipinski definition) is 0. The molecule has 0 aliphatic carbocycles. The van der Waals surface area contributed by atoms with Crippen LogP contribution in [0.25, 0.3) is 0 Å². The minimum absolute atomic E-state index is 0.715. The molecule has 4 heteroatoms. The highest BCUT2D eigenvalue weighted by atomic mass is 28.4. The van der Waals surface area contributed by atoms with Crippen molar-refractivity contribution in [1.29, 1.82) is 0 Å². The maximum Gasteiger partial charge on any atom is 0.331 e. The van der Waals surface area contributed by atoms with Crippen LogP contribution in [0.2, 0.25) is 0 Å². The molecule has 0 bridgehead atoms.